The van der Waals surface area contributed by atoms with Crippen LogP contribution in [0.2, 0.25) is 0 Å². The molecule has 0 spiro atoms. The fourth-order valence-electron chi connectivity index (χ4n) is 3.98. The predicted octanol–water partition coefficient (Wildman–Crippen LogP) is 2.48. The van der Waals surface area contributed by atoms with E-state index in [-0.39, 0.29) is 17.9 Å². The number of hydrazone groups is 1. The summed E-state index contributed by atoms with van der Waals surface area (Å²) in [6, 6.07) is 10.9. The van der Waals surface area contributed by atoms with Crippen molar-refractivity contribution in [3.8, 4) is 0 Å². The molecule has 0 bridgehead atoms. The van der Waals surface area contributed by atoms with Crippen LogP contribution >= 0.6 is 0 Å². The van der Waals surface area contributed by atoms with Gasteiger partial charge < -0.3 is 10.3 Å². The first kappa shape index (κ1) is 12.9. The number of amides is 1. The van der Waals surface area contributed by atoms with Crippen LogP contribution in [0.4, 0.5) is 0 Å². The van der Waals surface area contributed by atoms with Crippen molar-refractivity contribution >= 4 is 11.6 Å². The minimum atomic E-state index is 0.152. The first-order chi connectivity index (χ1) is 10.3. The third-order valence-electron chi connectivity index (χ3n) is 5.13. The molecule has 2 aliphatic heterocycles. The topological polar surface area (TPSA) is 44.7 Å². The smallest absolute Gasteiger partial charge is 0.270 e. The Morgan fingerprint density at radius 3 is 2.62 bits per heavy atom. The summed E-state index contributed by atoms with van der Waals surface area (Å²) in [4.78, 5) is 14.7. The van der Waals surface area contributed by atoms with Crippen LogP contribution in [0.3, 0.4) is 0 Å². The largest absolute Gasteiger partial charge is 0.334 e. The van der Waals surface area contributed by atoms with E-state index >= 15 is 0 Å². The number of likely N-dealkylation sites (tertiary alicyclic amines) is 1. The Morgan fingerprint density at radius 1 is 1.10 bits per heavy atom. The van der Waals surface area contributed by atoms with Crippen LogP contribution in [0, 0.1) is 5.92 Å². The highest BCUT2D eigenvalue weighted by Gasteiger charge is 2.47. The van der Waals surface area contributed by atoms with Crippen molar-refractivity contribution in [3.63, 3.8) is 0 Å². The Labute approximate surface area is 125 Å². The van der Waals surface area contributed by atoms with Crippen LogP contribution < -0.4 is 5.43 Å². The normalized spacial score (nSPS) is 29.2. The Kier molecular flexibility index (Phi) is 3.17. The van der Waals surface area contributed by atoms with Crippen molar-refractivity contribution in [1.82, 2.24) is 10.3 Å². The van der Waals surface area contributed by atoms with E-state index in [2.05, 4.69) is 27.6 Å². The molecule has 0 unspecified atom stereocenters. The van der Waals surface area contributed by atoms with Crippen molar-refractivity contribution in [3.05, 3.63) is 35.9 Å². The summed E-state index contributed by atoms with van der Waals surface area (Å²) >= 11 is 0. The van der Waals surface area contributed by atoms with Crippen LogP contribution in [0.1, 0.15) is 43.7 Å². The Bertz CT molecular complexity index is 563. The Balaban J connectivity index is 1.55. The Morgan fingerprint density at radius 2 is 1.86 bits per heavy atom. The van der Waals surface area contributed by atoms with E-state index in [1.807, 2.05) is 18.2 Å². The van der Waals surface area contributed by atoms with E-state index in [1.54, 1.807) is 0 Å². The van der Waals surface area contributed by atoms with Crippen molar-refractivity contribution in [2.75, 3.05) is 6.54 Å². The number of hydrogen-bond donors (Lipinski definition) is 1. The molecule has 1 saturated carbocycles. The van der Waals surface area contributed by atoms with Gasteiger partial charge in [-0.3, -0.25) is 4.79 Å². The summed E-state index contributed by atoms with van der Waals surface area (Å²) < 4.78 is 0. The van der Waals surface area contributed by atoms with Crippen molar-refractivity contribution in [2.45, 2.75) is 44.2 Å². The predicted molar refractivity (Wildman–Crippen MR) is 81.8 cm³/mol. The zero-order chi connectivity index (χ0) is 14.2. The number of nitrogens with one attached hydrogen (secondary N) is 1. The van der Waals surface area contributed by atoms with Crippen LogP contribution in [-0.2, 0) is 4.79 Å². The van der Waals surface area contributed by atoms with E-state index < -0.39 is 0 Å². The average molecular weight is 283 g/mol. The molecule has 2 heterocycles. The second kappa shape index (κ2) is 5.17. The van der Waals surface area contributed by atoms with Gasteiger partial charge in [0, 0.05) is 12.6 Å². The molecule has 1 aromatic rings. The number of nitrogens with zero attached hydrogens (tertiary/aromatic N) is 2. The van der Waals surface area contributed by atoms with Crippen LogP contribution in [0.15, 0.2) is 35.4 Å². The van der Waals surface area contributed by atoms with Crippen molar-refractivity contribution < 1.29 is 4.79 Å². The Hall–Kier alpha value is -1.84. The molecule has 0 radical (unpaired) electrons. The van der Waals surface area contributed by atoms with Gasteiger partial charge in [0.2, 0.25) is 0 Å². The molecule has 1 N–H and O–H groups in total. The van der Waals surface area contributed by atoms with Crippen molar-refractivity contribution in [1.29, 1.82) is 0 Å². The fraction of sp³-hybridized carbons (Fsp3) is 0.529. The summed E-state index contributed by atoms with van der Waals surface area (Å²) in [5.74, 6) is 0.375. The highest BCUT2D eigenvalue weighted by molar-refractivity contribution is 6.42. The molecule has 4 heteroatoms. The van der Waals surface area contributed by atoms with Crippen molar-refractivity contribution in [2.24, 2.45) is 11.0 Å². The van der Waals surface area contributed by atoms with Gasteiger partial charge in [-0.1, -0.05) is 49.6 Å². The molecule has 21 heavy (non-hydrogen) atoms. The third-order valence-corrected chi connectivity index (χ3v) is 5.13. The van der Waals surface area contributed by atoms with Gasteiger partial charge in [0.15, 0.2) is 0 Å². The minimum Gasteiger partial charge on any atom is -0.334 e. The molecule has 110 valence electrons. The first-order valence-electron chi connectivity index (χ1n) is 8.03. The zero-order valence-electron chi connectivity index (χ0n) is 12.2. The standard InChI is InChI=1S/C17H21N3O/c21-17-16-14(11-20(17)13-9-5-2-6-10-13)15(18-19-16)12-7-3-1-4-8-12/h1,3-4,7-8,13-15,18H,2,5-6,9-11H2/t14-,15-/m1/s1. The van der Waals surface area contributed by atoms with Gasteiger partial charge in [0.1, 0.15) is 5.71 Å². The maximum Gasteiger partial charge on any atom is 0.270 e. The van der Waals surface area contributed by atoms with Gasteiger partial charge in [0.05, 0.1) is 12.0 Å². The number of hydrogen-bond acceptors (Lipinski definition) is 3. The van der Waals surface area contributed by atoms with Gasteiger partial charge in [-0.2, -0.15) is 5.10 Å². The monoisotopic (exact) mass is 283 g/mol. The summed E-state index contributed by atoms with van der Waals surface area (Å²) in [5, 5.41) is 4.36. The van der Waals surface area contributed by atoms with Crippen LogP contribution in [0.5, 0.6) is 0 Å². The summed E-state index contributed by atoms with van der Waals surface area (Å²) in [7, 11) is 0. The second-order valence-corrected chi connectivity index (χ2v) is 6.37. The van der Waals surface area contributed by atoms with E-state index in [1.165, 1.54) is 24.8 Å². The lowest BCUT2D eigenvalue weighted by atomic mass is 9.92. The van der Waals surface area contributed by atoms with E-state index in [4.69, 9.17) is 0 Å². The molecule has 2 fully saturated rings. The molecule has 2 atom stereocenters. The van der Waals surface area contributed by atoms with Gasteiger partial charge >= 0.3 is 0 Å². The molecular weight excluding hydrogens is 262 g/mol. The zero-order valence-corrected chi connectivity index (χ0v) is 12.2. The molecule has 0 aromatic heterocycles. The van der Waals surface area contributed by atoms with Gasteiger partial charge in [-0.15, -0.1) is 0 Å². The highest BCUT2D eigenvalue weighted by atomic mass is 16.2. The summed E-state index contributed by atoms with van der Waals surface area (Å²) in [5.41, 5.74) is 5.14. The SMILES string of the molecule is O=C1C2=NN[C@H](c3ccccc3)[C@H]2CN1C1CCCCC1. The maximum absolute atomic E-state index is 12.6. The minimum absolute atomic E-state index is 0.152. The third kappa shape index (κ3) is 2.13. The number of fused-ring (bicyclic) bond motifs is 1. The van der Waals surface area contributed by atoms with Crippen LogP contribution in [0.25, 0.3) is 0 Å². The molecule has 1 saturated heterocycles. The highest BCUT2D eigenvalue weighted by Crippen LogP contribution is 2.36. The molecule has 4 nitrogen and oxygen atoms in total. The number of benzene rings is 1. The lowest BCUT2D eigenvalue weighted by Gasteiger charge is -2.31. The summed E-state index contributed by atoms with van der Waals surface area (Å²) in [6.07, 6.45) is 6.15. The molecule has 1 amide bonds. The van der Waals surface area contributed by atoms with Gasteiger partial charge in [-0.25, -0.2) is 0 Å². The lowest BCUT2D eigenvalue weighted by molar-refractivity contribution is -0.125. The van der Waals surface area contributed by atoms with E-state index in [9.17, 15) is 4.79 Å². The number of carbonyl (C=O) groups excluding carboxylic acids is 1. The first-order valence-corrected chi connectivity index (χ1v) is 8.03. The second-order valence-electron chi connectivity index (χ2n) is 6.37. The molecular formula is C17H21N3O. The summed E-state index contributed by atoms with van der Waals surface area (Å²) in [6.45, 7) is 0.828. The average Bonchev–Trinajstić information content (AvgIpc) is 3.10. The lowest BCUT2D eigenvalue weighted by Crippen LogP contribution is -2.39. The molecule has 1 aliphatic carbocycles. The molecule has 1 aromatic carbocycles. The van der Waals surface area contributed by atoms with Gasteiger partial charge in [-0.05, 0) is 18.4 Å². The number of rotatable bonds is 2. The fourth-order valence-corrected chi connectivity index (χ4v) is 3.98. The maximum atomic E-state index is 12.6. The quantitative estimate of drug-likeness (QED) is 0.906. The molecule has 3 aliphatic rings. The van der Waals surface area contributed by atoms with E-state index in [0.29, 0.717) is 6.04 Å². The van der Waals surface area contributed by atoms with Crippen LogP contribution in [-0.4, -0.2) is 29.1 Å². The van der Waals surface area contributed by atoms with E-state index in [0.717, 1.165) is 25.1 Å². The molecule has 4 rings (SSSR count). The number of carbonyl (C=O) groups is 1. The van der Waals surface area contributed by atoms with Gasteiger partial charge in [0.25, 0.3) is 5.91 Å².